The van der Waals surface area contributed by atoms with Crippen molar-refractivity contribution in [2.24, 2.45) is 0 Å². The van der Waals surface area contributed by atoms with Crippen molar-refractivity contribution in [1.82, 2.24) is 4.31 Å². The Morgan fingerprint density at radius 2 is 2.12 bits per heavy atom. The number of ether oxygens (including phenoxy) is 1. The molecule has 0 spiro atoms. The van der Waals surface area contributed by atoms with Crippen molar-refractivity contribution in [3.05, 3.63) is 35.9 Å². The third-order valence-electron chi connectivity index (χ3n) is 3.22. The zero-order chi connectivity index (χ0) is 12.1. The third-order valence-corrected chi connectivity index (χ3v) is 5.36. The molecule has 1 saturated heterocycles. The van der Waals surface area contributed by atoms with Crippen LogP contribution in [-0.2, 0) is 22.3 Å². The largest absolute Gasteiger partial charge is 0.358 e. The van der Waals surface area contributed by atoms with E-state index in [2.05, 4.69) is 28.6 Å². The van der Waals surface area contributed by atoms with Gasteiger partial charge in [-0.05, 0) is 48.2 Å². The van der Waals surface area contributed by atoms with Crippen molar-refractivity contribution in [1.29, 1.82) is 0 Å². The van der Waals surface area contributed by atoms with E-state index >= 15 is 0 Å². The molecule has 0 bridgehead atoms. The van der Waals surface area contributed by atoms with E-state index in [4.69, 9.17) is 16.5 Å². The lowest BCUT2D eigenvalue weighted by molar-refractivity contribution is -0.118. The first-order valence-electron chi connectivity index (χ1n) is 5.71. The van der Waals surface area contributed by atoms with Gasteiger partial charge in [0.1, 0.15) is 0 Å². The van der Waals surface area contributed by atoms with Crippen molar-refractivity contribution in [3.8, 4) is 0 Å². The molecule has 0 saturated carbocycles. The van der Waals surface area contributed by atoms with E-state index in [0.717, 1.165) is 19.5 Å². The van der Waals surface area contributed by atoms with Crippen LogP contribution in [-0.4, -0.2) is 18.0 Å². The Morgan fingerprint density at radius 3 is 2.76 bits per heavy atom. The second-order valence-electron chi connectivity index (χ2n) is 4.07. The Bertz CT molecular complexity index is 376. The highest BCUT2D eigenvalue weighted by Gasteiger charge is 2.41. The summed E-state index contributed by atoms with van der Waals surface area (Å²) >= 11 is 6.75. The zero-order valence-electron chi connectivity index (χ0n) is 9.83. The number of hydrogen-bond donors (Lipinski definition) is 0. The maximum atomic E-state index is 5.88. The van der Waals surface area contributed by atoms with E-state index in [-0.39, 0.29) is 5.72 Å². The van der Waals surface area contributed by atoms with Crippen molar-refractivity contribution in [2.45, 2.75) is 25.0 Å². The summed E-state index contributed by atoms with van der Waals surface area (Å²) in [4.78, 5) is 0. The van der Waals surface area contributed by atoms with E-state index < -0.39 is 0 Å². The summed E-state index contributed by atoms with van der Waals surface area (Å²) < 4.78 is 8.19. The lowest BCUT2D eigenvalue weighted by Gasteiger charge is -2.44. The number of piperidine rings is 1. The minimum Gasteiger partial charge on any atom is -0.358 e. The molecule has 1 aromatic carbocycles. The van der Waals surface area contributed by atoms with E-state index in [1.807, 2.05) is 6.07 Å². The van der Waals surface area contributed by atoms with Crippen LogP contribution < -0.4 is 0 Å². The second-order valence-corrected chi connectivity index (χ2v) is 7.10. The number of methoxy groups -OCH3 is 1. The fraction of sp³-hybridized carbons (Fsp3) is 0.500. The molecule has 0 aliphatic carbocycles. The van der Waals surface area contributed by atoms with Crippen molar-refractivity contribution in [2.75, 3.05) is 13.7 Å². The van der Waals surface area contributed by atoms with Crippen molar-refractivity contribution in [3.63, 3.8) is 0 Å². The van der Waals surface area contributed by atoms with Gasteiger partial charge >= 0.3 is 0 Å². The normalized spacial score (nSPS) is 26.2. The van der Waals surface area contributed by atoms with E-state index in [9.17, 15) is 0 Å². The maximum Gasteiger partial charge on any atom is 0.156 e. The van der Waals surface area contributed by atoms with Gasteiger partial charge in [0, 0.05) is 13.7 Å². The van der Waals surface area contributed by atoms with Crippen LogP contribution in [0.3, 0.4) is 0 Å². The number of rotatable bonds is 4. The van der Waals surface area contributed by atoms with E-state index in [1.54, 1.807) is 18.7 Å². The lowest BCUT2D eigenvalue weighted by Crippen LogP contribution is -2.46. The predicted molar refractivity (Wildman–Crippen MR) is 77.6 cm³/mol. The van der Waals surface area contributed by atoms with E-state index in [0.29, 0.717) is 0 Å². The molecule has 0 aromatic heterocycles. The molecule has 1 atom stereocenters. The summed E-state index contributed by atoms with van der Waals surface area (Å²) in [7, 11) is 1.80. The minimum atomic E-state index is -0.296. The first kappa shape index (κ1) is 13.4. The molecule has 1 aliphatic heterocycles. The molecule has 1 unspecified atom stereocenters. The minimum absolute atomic E-state index is 0.296. The van der Waals surface area contributed by atoms with E-state index in [1.165, 1.54) is 18.4 Å². The molecule has 1 aliphatic rings. The Labute approximate surface area is 113 Å². The topological polar surface area (TPSA) is 12.5 Å². The fourth-order valence-corrected chi connectivity index (χ4v) is 4.68. The van der Waals surface area contributed by atoms with Crippen LogP contribution in [0.4, 0.5) is 0 Å². The van der Waals surface area contributed by atoms with Crippen LogP contribution in [0.25, 0.3) is 0 Å². The number of benzene rings is 1. The standard InChI is InChI=1S/C12H16NOPS2/c1-14-12(11-7-3-2-4-8-11)9-5-6-10-13(12)17-15-16/h2-4,7-8H,5-6,9-10H2,1H3. The van der Waals surface area contributed by atoms with Gasteiger partial charge < -0.3 is 4.74 Å². The van der Waals surface area contributed by atoms with Crippen molar-refractivity contribution < 1.29 is 4.74 Å². The van der Waals surface area contributed by atoms with Gasteiger partial charge in [0.2, 0.25) is 0 Å². The molecular weight excluding hydrogens is 269 g/mol. The zero-order valence-corrected chi connectivity index (χ0v) is 12.4. The summed E-state index contributed by atoms with van der Waals surface area (Å²) in [6.07, 6.45) is 3.45. The lowest BCUT2D eigenvalue weighted by atomic mass is 9.93. The van der Waals surface area contributed by atoms with Gasteiger partial charge in [-0.1, -0.05) is 30.3 Å². The Kier molecular flexibility index (Phi) is 4.95. The van der Waals surface area contributed by atoms with Crippen LogP contribution in [0.1, 0.15) is 24.8 Å². The monoisotopic (exact) mass is 285 g/mol. The molecule has 17 heavy (non-hydrogen) atoms. The SMILES string of the molecule is COC1(c2ccccc2)CCCCN1SP=S. The highest BCUT2D eigenvalue weighted by molar-refractivity contribution is 8.56. The molecule has 0 radical (unpaired) electrons. The average Bonchev–Trinajstić information content (AvgIpc) is 2.41. The number of nitrogens with zero attached hydrogens (tertiary/aromatic N) is 1. The van der Waals surface area contributed by atoms with Crippen LogP contribution in [0.15, 0.2) is 30.3 Å². The fourth-order valence-electron chi connectivity index (χ4n) is 2.38. The summed E-state index contributed by atoms with van der Waals surface area (Å²) in [5.74, 6) is 0. The van der Waals surface area contributed by atoms with Crippen LogP contribution in [0.5, 0.6) is 0 Å². The highest BCUT2D eigenvalue weighted by Crippen LogP contribution is 2.45. The average molecular weight is 285 g/mol. The molecule has 5 heteroatoms. The molecule has 0 N–H and O–H groups in total. The van der Waals surface area contributed by atoms with Crippen molar-refractivity contribution >= 4 is 29.9 Å². The molecular formula is C12H16NOPS2. The van der Waals surface area contributed by atoms with Gasteiger partial charge in [0.15, 0.2) is 5.72 Å². The smallest absolute Gasteiger partial charge is 0.156 e. The molecule has 1 aromatic rings. The van der Waals surface area contributed by atoms with Gasteiger partial charge in [-0.3, -0.25) is 0 Å². The summed E-state index contributed by atoms with van der Waals surface area (Å²) in [5.41, 5.74) is 0.934. The molecule has 2 rings (SSSR count). The summed E-state index contributed by atoms with van der Waals surface area (Å²) in [5, 5.41) is 0. The summed E-state index contributed by atoms with van der Waals surface area (Å²) in [6.45, 7) is 1.95. The first-order valence-corrected chi connectivity index (χ1v) is 9.00. The highest BCUT2D eigenvalue weighted by atomic mass is 32.9. The quantitative estimate of drug-likeness (QED) is 0.613. The van der Waals surface area contributed by atoms with Gasteiger partial charge in [-0.2, -0.15) is 0 Å². The van der Waals surface area contributed by atoms with Crippen LogP contribution >= 0.6 is 18.1 Å². The Morgan fingerprint density at radius 1 is 1.35 bits per heavy atom. The van der Waals surface area contributed by atoms with Gasteiger partial charge in [-0.25, -0.2) is 4.31 Å². The Balaban J connectivity index is 2.35. The molecule has 1 fully saturated rings. The molecule has 92 valence electrons. The maximum absolute atomic E-state index is 5.88. The molecule has 1 heterocycles. The van der Waals surface area contributed by atoms with Gasteiger partial charge in [-0.15, -0.1) is 0 Å². The van der Waals surface area contributed by atoms with Crippen LogP contribution in [0, 0.1) is 0 Å². The van der Waals surface area contributed by atoms with Gasteiger partial charge in [0.25, 0.3) is 0 Å². The predicted octanol–water partition coefficient (Wildman–Crippen LogP) is 3.94. The molecule has 0 amide bonds. The van der Waals surface area contributed by atoms with Crippen LogP contribution in [0.2, 0.25) is 0 Å². The first-order chi connectivity index (χ1) is 8.33. The third kappa shape index (κ3) is 2.72. The molecule has 2 nitrogen and oxygen atoms in total. The second kappa shape index (κ2) is 6.26. The number of hydrogen-bond acceptors (Lipinski definition) is 4. The summed E-state index contributed by atoms with van der Waals surface area (Å²) in [6, 6.07) is 10.5. The van der Waals surface area contributed by atoms with Gasteiger partial charge in [0.05, 0.1) is 6.56 Å². The Hall–Kier alpha value is 0.01000.